The average Bonchev–Trinajstić information content (AvgIpc) is 2.54. The molecule has 0 bridgehead atoms. The highest BCUT2D eigenvalue weighted by molar-refractivity contribution is 8.13. The van der Waals surface area contributed by atoms with E-state index in [1.165, 1.54) is 0 Å². The summed E-state index contributed by atoms with van der Waals surface area (Å²) in [5, 5.41) is 3.81. The first-order valence-corrected chi connectivity index (χ1v) is 8.09. The fourth-order valence-electron chi connectivity index (χ4n) is 1.57. The number of imidazole rings is 1. The summed E-state index contributed by atoms with van der Waals surface area (Å²) >= 11 is 11.8. The third kappa shape index (κ3) is 2.42. The van der Waals surface area contributed by atoms with Gasteiger partial charge in [0.2, 0.25) is 5.03 Å². The third-order valence-electron chi connectivity index (χ3n) is 2.25. The van der Waals surface area contributed by atoms with Gasteiger partial charge in [-0.1, -0.05) is 36.5 Å². The Bertz CT molecular complexity index is 711. The minimum absolute atomic E-state index is 0.167. The van der Waals surface area contributed by atoms with Crippen molar-refractivity contribution in [1.82, 2.24) is 14.6 Å². The molecule has 0 saturated carbocycles. The molecule has 0 spiro atoms. The summed E-state index contributed by atoms with van der Waals surface area (Å²) in [6.07, 6.45) is 1.51. The number of aryl methyl sites for hydroxylation is 1. The fraction of sp³-hybridized carbons (Fsp3) is 0.333. The van der Waals surface area contributed by atoms with Crippen LogP contribution in [0.4, 0.5) is 0 Å². The van der Waals surface area contributed by atoms with E-state index in [0.717, 1.165) is 10.9 Å². The lowest BCUT2D eigenvalue weighted by atomic mass is 10.2. The molecular weight excluding hydrogens is 321 g/mol. The summed E-state index contributed by atoms with van der Waals surface area (Å²) < 4.78 is 24.0. The molecule has 2 aromatic rings. The number of fused-ring (bicyclic) bond motifs is 1. The molecule has 0 aliphatic rings. The van der Waals surface area contributed by atoms with Gasteiger partial charge in [0, 0.05) is 10.7 Å². The molecule has 2 rings (SSSR count). The molecule has 0 unspecified atom stereocenters. The van der Waals surface area contributed by atoms with Gasteiger partial charge in [0.05, 0.1) is 10.7 Å². The zero-order valence-electron chi connectivity index (χ0n) is 9.19. The molecule has 9 heteroatoms. The van der Waals surface area contributed by atoms with E-state index in [0.29, 0.717) is 12.1 Å². The zero-order valence-corrected chi connectivity index (χ0v) is 12.3. The summed E-state index contributed by atoms with van der Waals surface area (Å²) in [6, 6.07) is 1.63. The van der Waals surface area contributed by atoms with Gasteiger partial charge < -0.3 is 0 Å². The van der Waals surface area contributed by atoms with Crippen LogP contribution in [0.3, 0.4) is 0 Å². The van der Waals surface area contributed by atoms with Crippen LogP contribution in [0, 0.1) is 0 Å². The minimum atomic E-state index is -4.05. The van der Waals surface area contributed by atoms with E-state index in [2.05, 4.69) is 10.1 Å². The summed E-state index contributed by atoms with van der Waals surface area (Å²) in [7, 11) is 1.26. The van der Waals surface area contributed by atoms with Gasteiger partial charge in [-0.25, -0.2) is 13.4 Å². The number of halogens is 3. The molecule has 98 valence electrons. The lowest BCUT2D eigenvalue weighted by Gasteiger charge is -2.02. The average molecular weight is 329 g/mol. The van der Waals surface area contributed by atoms with Gasteiger partial charge in [0.25, 0.3) is 9.05 Å². The molecular formula is C9H8Cl3N3O2S. The maximum Gasteiger partial charge on any atom is 0.281 e. The SMILES string of the molecule is CCCc1cc(Cl)c2nc(Cl)c(S(=O)(=O)Cl)n2n1. The Morgan fingerprint density at radius 1 is 1.39 bits per heavy atom. The maximum atomic E-state index is 11.4. The van der Waals surface area contributed by atoms with E-state index in [4.69, 9.17) is 33.9 Å². The molecule has 0 fully saturated rings. The Balaban J connectivity index is 2.83. The van der Waals surface area contributed by atoms with Crippen LogP contribution in [-0.4, -0.2) is 23.0 Å². The van der Waals surface area contributed by atoms with Gasteiger partial charge in [0.1, 0.15) is 0 Å². The first kappa shape index (κ1) is 13.9. The summed E-state index contributed by atoms with van der Waals surface area (Å²) in [6.45, 7) is 1.97. The largest absolute Gasteiger partial charge is 0.281 e. The normalized spacial score (nSPS) is 12.2. The second-order valence-electron chi connectivity index (χ2n) is 3.61. The van der Waals surface area contributed by atoms with Crippen LogP contribution >= 0.6 is 33.9 Å². The van der Waals surface area contributed by atoms with Crippen LogP contribution < -0.4 is 0 Å². The lowest BCUT2D eigenvalue weighted by molar-refractivity contribution is 0.601. The van der Waals surface area contributed by atoms with Crippen molar-refractivity contribution in [2.24, 2.45) is 0 Å². The van der Waals surface area contributed by atoms with E-state index < -0.39 is 9.05 Å². The zero-order chi connectivity index (χ0) is 13.5. The molecule has 0 N–H and O–H groups in total. The standard InChI is InChI=1S/C9H8Cl3N3O2S/c1-2-3-5-4-6(10)8-13-7(11)9(15(8)14-5)18(12,16)17/h4H,2-3H2,1H3. The minimum Gasteiger partial charge on any atom is -0.212 e. The number of hydrogen-bond acceptors (Lipinski definition) is 4. The van der Waals surface area contributed by atoms with Crippen LogP contribution in [0.15, 0.2) is 11.1 Å². The van der Waals surface area contributed by atoms with Crippen LogP contribution in [0.5, 0.6) is 0 Å². The predicted octanol–water partition coefficient (Wildman–Crippen LogP) is 2.92. The number of aromatic nitrogens is 3. The topological polar surface area (TPSA) is 64.3 Å². The molecule has 0 amide bonds. The number of hydrogen-bond donors (Lipinski definition) is 0. The highest BCUT2D eigenvalue weighted by atomic mass is 35.7. The monoisotopic (exact) mass is 327 g/mol. The second kappa shape index (κ2) is 4.85. The Labute approximate surface area is 118 Å². The van der Waals surface area contributed by atoms with E-state index in [9.17, 15) is 8.42 Å². The van der Waals surface area contributed by atoms with Gasteiger partial charge >= 0.3 is 0 Å². The molecule has 0 aliphatic heterocycles. The van der Waals surface area contributed by atoms with Gasteiger partial charge in [-0.3, -0.25) is 0 Å². The quantitative estimate of drug-likeness (QED) is 0.813. The molecule has 18 heavy (non-hydrogen) atoms. The van der Waals surface area contributed by atoms with Crippen LogP contribution in [0.2, 0.25) is 10.2 Å². The molecule has 0 aliphatic carbocycles. The predicted molar refractivity (Wildman–Crippen MR) is 70.0 cm³/mol. The molecule has 2 heterocycles. The van der Waals surface area contributed by atoms with Gasteiger partial charge in [-0.05, 0) is 12.5 Å². The van der Waals surface area contributed by atoms with Crippen molar-refractivity contribution < 1.29 is 8.42 Å². The first-order valence-electron chi connectivity index (χ1n) is 5.03. The Morgan fingerprint density at radius 3 is 2.61 bits per heavy atom. The van der Waals surface area contributed by atoms with E-state index >= 15 is 0 Å². The Morgan fingerprint density at radius 2 is 2.06 bits per heavy atom. The maximum absolute atomic E-state index is 11.4. The molecule has 2 aromatic heterocycles. The van der Waals surface area contributed by atoms with Crippen molar-refractivity contribution >= 4 is 48.6 Å². The lowest BCUT2D eigenvalue weighted by Crippen LogP contribution is -2.04. The van der Waals surface area contributed by atoms with Crippen molar-refractivity contribution in [2.75, 3.05) is 0 Å². The van der Waals surface area contributed by atoms with Gasteiger partial charge in [-0.2, -0.15) is 9.61 Å². The third-order valence-corrected chi connectivity index (χ3v) is 4.17. The van der Waals surface area contributed by atoms with Crippen molar-refractivity contribution in [3.8, 4) is 0 Å². The van der Waals surface area contributed by atoms with Crippen molar-refractivity contribution in [2.45, 2.75) is 24.8 Å². The summed E-state index contributed by atoms with van der Waals surface area (Å²) in [4.78, 5) is 3.85. The first-order chi connectivity index (χ1) is 8.34. The Kier molecular flexibility index (Phi) is 3.73. The smallest absolute Gasteiger partial charge is 0.212 e. The van der Waals surface area contributed by atoms with Crippen LogP contribution in [0.25, 0.3) is 5.65 Å². The van der Waals surface area contributed by atoms with Crippen molar-refractivity contribution in [3.63, 3.8) is 0 Å². The molecule has 5 nitrogen and oxygen atoms in total. The highest BCUT2D eigenvalue weighted by Crippen LogP contribution is 2.28. The van der Waals surface area contributed by atoms with Gasteiger partial charge in [0.15, 0.2) is 10.8 Å². The van der Waals surface area contributed by atoms with Crippen molar-refractivity contribution in [3.05, 3.63) is 21.9 Å². The van der Waals surface area contributed by atoms with Gasteiger partial charge in [-0.15, -0.1) is 0 Å². The molecule has 0 atom stereocenters. The van der Waals surface area contributed by atoms with Crippen LogP contribution in [-0.2, 0) is 15.5 Å². The highest BCUT2D eigenvalue weighted by Gasteiger charge is 2.24. The summed E-state index contributed by atoms with van der Waals surface area (Å²) in [5.74, 6) is 0. The van der Waals surface area contributed by atoms with Crippen LogP contribution in [0.1, 0.15) is 19.0 Å². The number of rotatable bonds is 3. The van der Waals surface area contributed by atoms with E-state index in [1.54, 1.807) is 6.07 Å². The van der Waals surface area contributed by atoms with E-state index in [-0.39, 0.29) is 20.8 Å². The van der Waals surface area contributed by atoms with Crippen molar-refractivity contribution in [1.29, 1.82) is 0 Å². The molecule has 0 radical (unpaired) electrons. The molecule has 0 aromatic carbocycles. The summed E-state index contributed by atoms with van der Waals surface area (Å²) in [5.41, 5.74) is 0.811. The Hall–Kier alpha value is -0.560. The molecule has 0 saturated heterocycles. The van der Waals surface area contributed by atoms with E-state index in [1.807, 2.05) is 6.92 Å². The second-order valence-corrected chi connectivity index (χ2v) is 6.86. The number of nitrogens with zero attached hydrogens (tertiary/aromatic N) is 3. The fourth-order valence-corrected chi connectivity index (χ4v) is 3.40.